The Morgan fingerprint density at radius 1 is 0.614 bits per heavy atom. The lowest BCUT2D eigenvalue weighted by atomic mass is 9.84. The molecule has 0 atom stereocenters. The number of benzene rings is 3. The predicted molar refractivity (Wildman–Crippen MR) is 130 cm³/mol. The van der Waals surface area contributed by atoms with Crippen LogP contribution in [0.4, 0.5) is 64.1 Å². The fourth-order valence-electron chi connectivity index (χ4n) is 4.41. The van der Waals surface area contributed by atoms with Gasteiger partial charge in [0.25, 0.3) is 17.1 Å². The maximum absolute atomic E-state index is 13.9. The Morgan fingerprint density at radius 3 is 1.39 bits per heavy atom. The van der Waals surface area contributed by atoms with Crippen molar-refractivity contribution in [3.63, 3.8) is 0 Å². The van der Waals surface area contributed by atoms with E-state index in [0.717, 1.165) is 32.2 Å². The normalized spacial score (nSPS) is 13.6. The van der Waals surface area contributed by atoms with Gasteiger partial charge in [-0.3, -0.25) is 9.59 Å². The van der Waals surface area contributed by atoms with Crippen LogP contribution in [0.25, 0.3) is 10.8 Å². The number of rotatable bonds is 6. The largest absolute Gasteiger partial charge is 0.430 e. The maximum Gasteiger partial charge on any atom is 0.430 e. The summed E-state index contributed by atoms with van der Waals surface area (Å²) in [5.74, 6) is -2.09. The smallest absolute Gasteiger partial charge is 0.387 e. The molecule has 0 unspecified atom stereocenters. The van der Waals surface area contributed by atoms with Gasteiger partial charge in [-0.2, -0.15) is 52.7 Å². The molecule has 1 amide bonds. The molecule has 0 radical (unpaired) electrons. The van der Waals surface area contributed by atoms with Gasteiger partial charge in [-0.15, -0.1) is 0 Å². The van der Waals surface area contributed by atoms with Crippen molar-refractivity contribution < 1.29 is 72.5 Å². The fourth-order valence-corrected chi connectivity index (χ4v) is 4.41. The van der Waals surface area contributed by atoms with E-state index in [9.17, 15) is 72.5 Å². The van der Waals surface area contributed by atoms with Crippen LogP contribution in [-0.2, 0) is 11.2 Å². The summed E-state index contributed by atoms with van der Waals surface area (Å²) in [7, 11) is 0.743. The summed E-state index contributed by atoms with van der Waals surface area (Å²) in [6, 6.07) is 4.48. The zero-order valence-corrected chi connectivity index (χ0v) is 21.9. The molecule has 0 saturated heterocycles. The Hall–Kier alpha value is -4.06. The lowest BCUT2D eigenvalue weighted by Gasteiger charge is -2.36. The molecule has 0 aliphatic carbocycles. The zero-order chi connectivity index (χ0) is 33.8. The van der Waals surface area contributed by atoms with Gasteiger partial charge >= 0.3 is 24.7 Å². The minimum Gasteiger partial charge on any atom is -0.387 e. The Kier molecular flexibility index (Phi) is 8.48. The Bertz CT molecular complexity index is 1580. The van der Waals surface area contributed by atoms with E-state index in [1.165, 1.54) is 6.07 Å². The molecule has 3 aromatic rings. The highest BCUT2D eigenvalue weighted by Gasteiger charge is 2.73. The lowest BCUT2D eigenvalue weighted by molar-refractivity contribution is -0.376. The van der Waals surface area contributed by atoms with E-state index in [1.807, 2.05) is 5.32 Å². The van der Waals surface area contributed by atoms with Crippen molar-refractivity contribution in [2.24, 2.45) is 0 Å². The summed E-state index contributed by atoms with van der Waals surface area (Å²) in [6.07, 6.45) is -25.9. The highest BCUT2D eigenvalue weighted by atomic mass is 19.4. The predicted octanol–water partition coefficient (Wildman–Crippen LogP) is 6.96. The molecule has 3 aromatic carbocycles. The van der Waals surface area contributed by atoms with Crippen molar-refractivity contribution >= 4 is 33.8 Å². The number of aliphatic hydroxyl groups is 2. The highest BCUT2D eigenvalue weighted by molar-refractivity contribution is 6.13. The number of halogens is 12. The third-order valence-electron chi connectivity index (χ3n) is 6.64. The average molecular weight is 650 g/mol. The van der Waals surface area contributed by atoms with Crippen LogP contribution in [0.2, 0.25) is 0 Å². The molecule has 3 rings (SSSR count). The molecule has 0 spiro atoms. The van der Waals surface area contributed by atoms with Gasteiger partial charge in [0, 0.05) is 45.8 Å². The molecule has 0 fully saturated rings. The number of carbonyl (C=O) groups excluding carboxylic acids is 2. The SMILES string of the molecule is CNc1c(C(O)(C(F)(F)F)C(F)(F)F)ccc2c(NC(=O)c3cccc(C(C)=O)c3)c(C(O)(C(F)(F)F)C(F)(F)F)ccc12. The van der Waals surface area contributed by atoms with Crippen LogP contribution < -0.4 is 10.6 Å². The van der Waals surface area contributed by atoms with E-state index in [0.29, 0.717) is 0 Å². The molecular weight excluding hydrogens is 632 g/mol. The third-order valence-corrected chi connectivity index (χ3v) is 6.64. The summed E-state index contributed by atoms with van der Waals surface area (Å²) in [5, 5.41) is 21.7. The quantitative estimate of drug-likeness (QED) is 0.171. The summed E-state index contributed by atoms with van der Waals surface area (Å²) < 4.78 is 165. The van der Waals surface area contributed by atoms with Gasteiger partial charge in [0.2, 0.25) is 0 Å². The Morgan fingerprint density at radius 2 is 1.00 bits per heavy atom. The molecule has 0 heterocycles. The second-order valence-corrected chi connectivity index (χ2v) is 9.32. The van der Waals surface area contributed by atoms with Crippen LogP contribution in [-0.4, -0.2) is 53.7 Å². The van der Waals surface area contributed by atoms with E-state index in [1.54, 1.807) is 5.32 Å². The molecule has 6 nitrogen and oxygen atoms in total. The molecule has 4 N–H and O–H groups in total. The van der Waals surface area contributed by atoms with Crippen molar-refractivity contribution in [1.82, 2.24) is 0 Å². The summed E-state index contributed by atoms with van der Waals surface area (Å²) in [4.78, 5) is 24.7. The number of fused-ring (bicyclic) bond motifs is 1. The van der Waals surface area contributed by atoms with Crippen LogP contribution in [0.1, 0.15) is 38.8 Å². The monoisotopic (exact) mass is 650 g/mol. The second-order valence-electron chi connectivity index (χ2n) is 9.32. The lowest BCUT2D eigenvalue weighted by Crippen LogP contribution is -2.54. The number of ketones is 1. The van der Waals surface area contributed by atoms with Crippen LogP contribution in [0, 0.1) is 0 Å². The van der Waals surface area contributed by atoms with Crippen LogP contribution in [0.15, 0.2) is 48.5 Å². The van der Waals surface area contributed by atoms with Gasteiger partial charge in [0.1, 0.15) is 0 Å². The van der Waals surface area contributed by atoms with Crippen LogP contribution in [0.3, 0.4) is 0 Å². The number of anilines is 2. The molecule has 0 aliphatic rings. The molecule has 0 bridgehead atoms. The number of carbonyl (C=O) groups is 2. The van der Waals surface area contributed by atoms with Gasteiger partial charge < -0.3 is 20.8 Å². The second kappa shape index (κ2) is 10.8. The van der Waals surface area contributed by atoms with Crippen molar-refractivity contribution in [2.75, 3.05) is 17.7 Å². The number of Topliss-reactive ketones (excluding diaryl/α,β-unsaturated/α-hetero) is 1. The van der Waals surface area contributed by atoms with Crippen molar-refractivity contribution in [3.8, 4) is 0 Å². The Balaban J connectivity index is 2.50. The van der Waals surface area contributed by atoms with Gasteiger partial charge in [-0.25, -0.2) is 0 Å². The number of hydrogen-bond donors (Lipinski definition) is 4. The third kappa shape index (κ3) is 5.40. The highest BCUT2D eigenvalue weighted by Crippen LogP contribution is 2.56. The van der Waals surface area contributed by atoms with Gasteiger partial charge in [-0.1, -0.05) is 36.4 Å². The summed E-state index contributed by atoms with van der Waals surface area (Å²) in [5.41, 5.74) is -18.7. The van der Waals surface area contributed by atoms with Crippen LogP contribution in [0.5, 0.6) is 0 Å². The summed E-state index contributed by atoms with van der Waals surface area (Å²) in [6.45, 7) is 1.06. The van der Waals surface area contributed by atoms with Crippen LogP contribution >= 0.6 is 0 Å². The number of amides is 1. The molecular formula is C26H18F12N2O4. The van der Waals surface area contributed by atoms with Gasteiger partial charge in [-0.05, 0) is 19.1 Å². The topological polar surface area (TPSA) is 98.7 Å². The zero-order valence-electron chi connectivity index (χ0n) is 21.9. The minimum atomic E-state index is -6.54. The minimum absolute atomic E-state index is 0.0643. The molecule has 0 saturated carbocycles. The molecule has 44 heavy (non-hydrogen) atoms. The van der Waals surface area contributed by atoms with Gasteiger partial charge in [0.05, 0.1) is 5.69 Å². The molecule has 0 aliphatic heterocycles. The van der Waals surface area contributed by atoms with E-state index in [-0.39, 0.29) is 29.8 Å². The van der Waals surface area contributed by atoms with Crippen molar-refractivity contribution in [3.05, 3.63) is 70.8 Å². The number of hydrogen-bond acceptors (Lipinski definition) is 5. The fraction of sp³-hybridized carbons (Fsp3) is 0.308. The van der Waals surface area contributed by atoms with Gasteiger partial charge in [0.15, 0.2) is 5.78 Å². The summed E-state index contributed by atoms with van der Waals surface area (Å²) >= 11 is 0. The Labute approximate surface area is 238 Å². The first-order valence-corrected chi connectivity index (χ1v) is 11.8. The van der Waals surface area contributed by atoms with E-state index in [4.69, 9.17) is 0 Å². The van der Waals surface area contributed by atoms with E-state index >= 15 is 0 Å². The van der Waals surface area contributed by atoms with E-state index in [2.05, 4.69) is 0 Å². The maximum atomic E-state index is 13.9. The molecule has 0 aromatic heterocycles. The first-order valence-electron chi connectivity index (χ1n) is 11.8. The van der Waals surface area contributed by atoms with Crippen molar-refractivity contribution in [2.45, 2.75) is 42.8 Å². The molecule has 240 valence electrons. The van der Waals surface area contributed by atoms with Crippen molar-refractivity contribution in [1.29, 1.82) is 0 Å². The van der Waals surface area contributed by atoms with E-state index < -0.39 is 86.4 Å². The molecule has 18 heteroatoms. The number of alkyl halides is 12. The number of nitrogens with one attached hydrogen (secondary N) is 2. The standard InChI is InChI=1S/C26H18F12N2O4/c1-11(41)12-4-3-5-13(10-12)20(42)40-19-15-7-8-16(21(43,23(27,28)29)24(30,31)32)18(39-2)14(15)6-9-17(19)22(44,25(33,34)35)26(36,37)38/h3-10,39,43-44H,1-2H3,(H,40,42). The average Bonchev–Trinajstić information content (AvgIpc) is 2.89. The first kappa shape index (κ1) is 34.4. The first-order chi connectivity index (χ1) is 19.8.